The molecule has 1 aliphatic rings. The van der Waals surface area contributed by atoms with Gasteiger partial charge in [0.2, 0.25) is 0 Å². The standard InChI is InChI=1S/C19H20N2O4/c1-12(2)10-24-15-5-3-4-13(8-15)19(23)20-14-6-7-17-16(9-14)21-18(22)11-25-17/h3-9,12H,10-11H2,1-2H3,(H,20,23)(H,21,22). The number of carbonyl (C=O) groups excluding carboxylic acids is 2. The maximum atomic E-state index is 12.5. The smallest absolute Gasteiger partial charge is 0.262 e. The number of amides is 2. The molecule has 0 saturated carbocycles. The van der Waals surface area contributed by atoms with Gasteiger partial charge < -0.3 is 20.1 Å². The van der Waals surface area contributed by atoms with Crippen molar-refractivity contribution in [3.8, 4) is 11.5 Å². The number of benzene rings is 2. The molecule has 0 fully saturated rings. The maximum absolute atomic E-state index is 12.5. The van der Waals surface area contributed by atoms with Gasteiger partial charge in [-0.15, -0.1) is 0 Å². The lowest BCUT2D eigenvalue weighted by Crippen LogP contribution is -2.25. The van der Waals surface area contributed by atoms with Crippen LogP contribution in [-0.4, -0.2) is 25.0 Å². The second kappa shape index (κ2) is 7.25. The van der Waals surface area contributed by atoms with Crippen LogP contribution in [0.1, 0.15) is 24.2 Å². The van der Waals surface area contributed by atoms with Crippen LogP contribution in [0.15, 0.2) is 42.5 Å². The van der Waals surface area contributed by atoms with Crippen molar-refractivity contribution in [2.75, 3.05) is 23.8 Å². The second-order valence-electron chi connectivity index (χ2n) is 6.23. The van der Waals surface area contributed by atoms with Crippen LogP contribution in [0.3, 0.4) is 0 Å². The van der Waals surface area contributed by atoms with Gasteiger partial charge in [0.25, 0.3) is 11.8 Å². The largest absolute Gasteiger partial charge is 0.493 e. The number of nitrogens with one attached hydrogen (secondary N) is 2. The Morgan fingerprint density at radius 3 is 2.92 bits per heavy atom. The van der Waals surface area contributed by atoms with E-state index in [9.17, 15) is 9.59 Å². The molecule has 1 aliphatic heterocycles. The van der Waals surface area contributed by atoms with Crippen molar-refractivity contribution in [1.82, 2.24) is 0 Å². The predicted molar refractivity (Wildman–Crippen MR) is 95.3 cm³/mol. The minimum Gasteiger partial charge on any atom is -0.493 e. The molecule has 0 unspecified atom stereocenters. The van der Waals surface area contributed by atoms with E-state index in [1.165, 1.54) is 0 Å². The third kappa shape index (κ3) is 4.29. The number of hydrogen-bond acceptors (Lipinski definition) is 4. The van der Waals surface area contributed by atoms with E-state index in [1.54, 1.807) is 36.4 Å². The van der Waals surface area contributed by atoms with Gasteiger partial charge in [0, 0.05) is 11.3 Å². The Morgan fingerprint density at radius 1 is 1.28 bits per heavy atom. The van der Waals surface area contributed by atoms with Crippen LogP contribution in [-0.2, 0) is 4.79 Å². The molecule has 0 bridgehead atoms. The second-order valence-corrected chi connectivity index (χ2v) is 6.23. The monoisotopic (exact) mass is 340 g/mol. The van der Waals surface area contributed by atoms with Gasteiger partial charge in [0.15, 0.2) is 6.61 Å². The van der Waals surface area contributed by atoms with Gasteiger partial charge in [0.1, 0.15) is 11.5 Å². The summed E-state index contributed by atoms with van der Waals surface area (Å²) in [6, 6.07) is 12.2. The summed E-state index contributed by atoms with van der Waals surface area (Å²) in [6.45, 7) is 4.72. The minimum atomic E-state index is -0.252. The van der Waals surface area contributed by atoms with Gasteiger partial charge in [-0.05, 0) is 42.3 Å². The molecular formula is C19H20N2O4. The summed E-state index contributed by atoms with van der Waals surface area (Å²) in [5.74, 6) is 1.18. The molecule has 25 heavy (non-hydrogen) atoms. The zero-order chi connectivity index (χ0) is 17.8. The highest BCUT2D eigenvalue weighted by Gasteiger charge is 2.16. The van der Waals surface area contributed by atoms with E-state index in [1.807, 2.05) is 6.07 Å². The van der Waals surface area contributed by atoms with Gasteiger partial charge in [0.05, 0.1) is 12.3 Å². The van der Waals surface area contributed by atoms with E-state index >= 15 is 0 Å². The predicted octanol–water partition coefficient (Wildman–Crippen LogP) is 3.30. The molecular weight excluding hydrogens is 320 g/mol. The van der Waals surface area contributed by atoms with Crippen molar-refractivity contribution in [2.24, 2.45) is 5.92 Å². The lowest BCUT2D eigenvalue weighted by molar-refractivity contribution is -0.118. The zero-order valence-electron chi connectivity index (χ0n) is 14.2. The molecule has 0 spiro atoms. The number of fused-ring (bicyclic) bond motifs is 1. The minimum absolute atomic E-state index is 0.00186. The lowest BCUT2D eigenvalue weighted by Gasteiger charge is -2.18. The number of ether oxygens (including phenoxy) is 2. The summed E-state index contributed by atoms with van der Waals surface area (Å²) in [5.41, 5.74) is 1.62. The van der Waals surface area contributed by atoms with Gasteiger partial charge >= 0.3 is 0 Å². The van der Waals surface area contributed by atoms with E-state index in [0.717, 1.165) is 0 Å². The normalized spacial score (nSPS) is 12.8. The van der Waals surface area contributed by atoms with Crippen molar-refractivity contribution in [1.29, 1.82) is 0 Å². The molecule has 0 aromatic heterocycles. The van der Waals surface area contributed by atoms with Crippen molar-refractivity contribution in [3.05, 3.63) is 48.0 Å². The Morgan fingerprint density at radius 2 is 2.12 bits per heavy atom. The quantitative estimate of drug-likeness (QED) is 0.875. The fourth-order valence-electron chi connectivity index (χ4n) is 2.35. The Hall–Kier alpha value is -3.02. The number of anilines is 2. The van der Waals surface area contributed by atoms with Crippen LogP contribution in [0.25, 0.3) is 0 Å². The van der Waals surface area contributed by atoms with Gasteiger partial charge in [-0.2, -0.15) is 0 Å². The maximum Gasteiger partial charge on any atom is 0.262 e. The third-order valence-electron chi connectivity index (χ3n) is 3.55. The Labute approximate surface area is 146 Å². The van der Waals surface area contributed by atoms with Crippen LogP contribution in [0.2, 0.25) is 0 Å². The molecule has 6 heteroatoms. The lowest BCUT2D eigenvalue weighted by atomic mass is 10.2. The molecule has 0 radical (unpaired) electrons. The molecule has 2 amide bonds. The van der Waals surface area contributed by atoms with E-state index in [0.29, 0.717) is 41.0 Å². The summed E-state index contributed by atoms with van der Waals surface area (Å²) >= 11 is 0. The molecule has 0 saturated heterocycles. The molecule has 2 aromatic carbocycles. The Balaban J connectivity index is 1.71. The van der Waals surface area contributed by atoms with Crippen LogP contribution < -0.4 is 20.1 Å². The Kier molecular flexibility index (Phi) is 4.88. The molecule has 2 aromatic rings. The molecule has 3 rings (SSSR count). The van der Waals surface area contributed by atoms with E-state index in [4.69, 9.17) is 9.47 Å². The van der Waals surface area contributed by atoms with E-state index in [-0.39, 0.29) is 18.4 Å². The number of rotatable bonds is 5. The summed E-state index contributed by atoms with van der Waals surface area (Å²) in [4.78, 5) is 23.8. The first kappa shape index (κ1) is 16.8. The summed E-state index contributed by atoms with van der Waals surface area (Å²) in [6.07, 6.45) is 0. The fourth-order valence-corrected chi connectivity index (χ4v) is 2.35. The summed E-state index contributed by atoms with van der Waals surface area (Å²) < 4.78 is 11.0. The summed E-state index contributed by atoms with van der Waals surface area (Å²) in [5, 5.41) is 5.53. The first-order chi connectivity index (χ1) is 12.0. The highest BCUT2D eigenvalue weighted by Crippen LogP contribution is 2.30. The fraction of sp³-hybridized carbons (Fsp3) is 0.263. The molecule has 2 N–H and O–H groups in total. The molecule has 130 valence electrons. The first-order valence-electron chi connectivity index (χ1n) is 8.12. The van der Waals surface area contributed by atoms with Crippen molar-refractivity contribution in [2.45, 2.75) is 13.8 Å². The van der Waals surface area contributed by atoms with E-state index < -0.39 is 0 Å². The summed E-state index contributed by atoms with van der Waals surface area (Å²) in [7, 11) is 0. The average Bonchev–Trinajstić information content (AvgIpc) is 2.60. The number of carbonyl (C=O) groups is 2. The average molecular weight is 340 g/mol. The molecule has 1 heterocycles. The first-order valence-corrected chi connectivity index (χ1v) is 8.12. The van der Waals surface area contributed by atoms with Crippen molar-refractivity contribution >= 4 is 23.2 Å². The molecule has 0 atom stereocenters. The zero-order valence-corrected chi connectivity index (χ0v) is 14.2. The van der Waals surface area contributed by atoms with Gasteiger partial charge in [-0.25, -0.2) is 0 Å². The van der Waals surface area contributed by atoms with Crippen LogP contribution in [0, 0.1) is 5.92 Å². The van der Waals surface area contributed by atoms with Crippen LogP contribution in [0.5, 0.6) is 11.5 Å². The van der Waals surface area contributed by atoms with Crippen molar-refractivity contribution < 1.29 is 19.1 Å². The highest BCUT2D eigenvalue weighted by atomic mass is 16.5. The highest BCUT2D eigenvalue weighted by molar-refractivity contribution is 6.05. The van der Waals surface area contributed by atoms with Gasteiger partial charge in [-0.1, -0.05) is 19.9 Å². The van der Waals surface area contributed by atoms with Gasteiger partial charge in [-0.3, -0.25) is 9.59 Å². The van der Waals surface area contributed by atoms with Crippen molar-refractivity contribution in [3.63, 3.8) is 0 Å². The van der Waals surface area contributed by atoms with E-state index in [2.05, 4.69) is 24.5 Å². The van der Waals surface area contributed by atoms with Crippen LogP contribution in [0.4, 0.5) is 11.4 Å². The Bertz CT molecular complexity index is 802. The van der Waals surface area contributed by atoms with Crippen LogP contribution >= 0.6 is 0 Å². The number of hydrogen-bond donors (Lipinski definition) is 2. The SMILES string of the molecule is CC(C)COc1cccc(C(=O)Nc2ccc3c(c2)NC(=O)CO3)c1. The topological polar surface area (TPSA) is 76.7 Å². The third-order valence-corrected chi connectivity index (χ3v) is 3.55. The molecule has 0 aliphatic carbocycles. The molecule has 6 nitrogen and oxygen atoms in total.